The first-order valence-corrected chi connectivity index (χ1v) is 12.0. The molecule has 0 saturated heterocycles. The summed E-state index contributed by atoms with van der Waals surface area (Å²) in [4.78, 5) is 2.78. The topological polar surface area (TPSA) is 3.24 Å². The highest BCUT2D eigenvalue weighted by Crippen LogP contribution is 2.19. The summed E-state index contributed by atoms with van der Waals surface area (Å²) in [6.07, 6.45) is 18.2. The molecule has 1 nitrogen and oxygen atoms in total. The second-order valence-electron chi connectivity index (χ2n) is 8.92. The molecule has 0 aliphatic carbocycles. The Kier molecular flexibility index (Phi) is 17.2. The molecule has 2 unspecified atom stereocenters. The summed E-state index contributed by atoms with van der Waals surface area (Å²) < 4.78 is 0. The lowest BCUT2D eigenvalue weighted by Crippen LogP contribution is -2.34. The monoisotopic (exact) mass is 377 g/mol. The predicted octanol–water partition coefficient (Wildman–Crippen LogP) is 8.41. The summed E-state index contributed by atoms with van der Waals surface area (Å²) in [5.41, 5.74) is 2.99. The molecule has 0 aliphatic heterocycles. The van der Waals surface area contributed by atoms with Crippen molar-refractivity contribution in [3.05, 3.63) is 23.3 Å². The van der Waals surface area contributed by atoms with Crippen LogP contribution in [-0.4, -0.2) is 24.5 Å². The smallest absolute Gasteiger partial charge is 0.0165 e. The molecule has 0 saturated carbocycles. The quantitative estimate of drug-likeness (QED) is 0.230. The maximum absolute atomic E-state index is 2.78. The molecular weight excluding hydrogens is 326 g/mol. The first-order chi connectivity index (χ1) is 13.0. The third-order valence-electron chi connectivity index (χ3n) is 5.91. The van der Waals surface area contributed by atoms with Gasteiger partial charge in [-0.25, -0.2) is 0 Å². The van der Waals surface area contributed by atoms with E-state index in [2.05, 4.69) is 65.5 Å². The SMILES string of the molecule is CCCCC(CC)CN(CC=C(C)CCC=C(C)C)CC(CC)CCCC. The molecule has 0 heterocycles. The minimum absolute atomic E-state index is 0.869. The van der Waals surface area contributed by atoms with Crippen molar-refractivity contribution in [1.82, 2.24) is 4.90 Å². The zero-order chi connectivity index (χ0) is 20.5. The molecular formula is C26H51N. The largest absolute Gasteiger partial charge is 0.299 e. The average Bonchev–Trinajstić information content (AvgIpc) is 2.65. The molecule has 0 aromatic rings. The van der Waals surface area contributed by atoms with Crippen LogP contribution in [0.15, 0.2) is 23.3 Å². The maximum atomic E-state index is 2.78. The fourth-order valence-electron chi connectivity index (χ4n) is 3.76. The van der Waals surface area contributed by atoms with E-state index in [1.807, 2.05) is 0 Å². The number of nitrogens with zero attached hydrogens (tertiary/aromatic N) is 1. The van der Waals surface area contributed by atoms with Crippen molar-refractivity contribution in [2.45, 2.75) is 113 Å². The molecule has 160 valence electrons. The van der Waals surface area contributed by atoms with Crippen molar-refractivity contribution in [2.75, 3.05) is 19.6 Å². The predicted molar refractivity (Wildman–Crippen MR) is 125 cm³/mol. The molecule has 0 aromatic carbocycles. The van der Waals surface area contributed by atoms with Gasteiger partial charge in [0.2, 0.25) is 0 Å². The Morgan fingerprint density at radius 3 is 1.70 bits per heavy atom. The van der Waals surface area contributed by atoms with Gasteiger partial charge >= 0.3 is 0 Å². The summed E-state index contributed by atoms with van der Waals surface area (Å²) in [6.45, 7) is 19.8. The Hall–Kier alpha value is -0.560. The summed E-state index contributed by atoms with van der Waals surface area (Å²) >= 11 is 0. The Morgan fingerprint density at radius 2 is 1.30 bits per heavy atom. The molecule has 27 heavy (non-hydrogen) atoms. The van der Waals surface area contributed by atoms with Gasteiger partial charge in [-0.2, -0.15) is 0 Å². The first kappa shape index (κ1) is 26.4. The van der Waals surface area contributed by atoms with Crippen molar-refractivity contribution in [3.8, 4) is 0 Å². The Balaban J connectivity index is 4.84. The van der Waals surface area contributed by atoms with E-state index in [-0.39, 0.29) is 0 Å². The fraction of sp³-hybridized carbons (Fsp3) is 0.846. The molecule has 0 aromatic heterocycles. The van der Waals surface area contributed by atoms with E-state index >= 15 is 0 Å². The van der Waals surface area contributed by atoms with Crippen LogP contribution in [0.25, 0.3) is 0 Å². The molecule has 2 atom stereocenters. The Labute approximate surface area is 172 Å². The lowest BCUT2D eigenvalue weighted by atomic mass is 9.95. The van der Waals surface area contributed by atoms with Crippen LogP contribution in [0.3, 0.4) is 0 Å². The van der Waals surface area contributed by atoms with E-state index in [1.54, 1.807) is 5.57 Å². The Morgan fingerprint density at radius 1 is 0.778 bits per heavy atom. The zero-order valence-electron chi connectivity index (χ0n) is 19.9. The van der Waals surface area contributed by atoms with Crippen molar-refractivity contribution in [2.24, 2.45) is 11.8 Å². The number of hydrogen-bond acceptors (Lipinski definition) is 1. The van der Waals surface area contributed by atoms with Crippen LogP contribution in [-0.2, 0) is 0 Å². The van der Waals surface area contributed by atoms with Crippen LogP contribution in [0, 0.1) is 11.8 Å². The van der Waals surface area contributed by atoms with E-state index in [9.17, 15) is 0 Å². The van der Waals surface area contributed by atoms with Gasteiger partial charge in [-0.3, -0.25) is 4.90 Å². The first-order valence-electron chi connectivity index (χ1n) is 12.0. The lowest BCUT2D eigenvalue weighted by Gasteiger charge is -2.30. The van der Waals surface area contributed by atoms with Gasteiger partial charge in [0.05, 0.1) is 0 Å². The molecule has 0 amide bonds. The van der Waals surface area contributed by atoms with Crippen LogP contribution in [0.4, 0.5) is 0 Å². The standard InChI is InChI=1S/C26H51N/c1-8-12-17-25(10-3)21-27(22-26(11-4)18-13-9-2)20-19-24(7)16-14-15-23(5)6/h15,19,25-26H,8-14,16-18,20-22H2,1-7H3. The molecule has 0 bridgehead atoms. The molecule has 0 aliphatic rings. The van der Waals surface area contributed by atoms with Gasteiger partial charge in [-0.1, -0.05) is 89.5 Å². The van der Waals surface area contributed by atoms with Crippen LogP contribution in [0.2, 0.25) is 0 Å². The highest BCUT2D eigenvalue weighted by atomic mass is 15.1. The van der Waals surface area contributed by atoms with Gasteiger partial charge < -0.3 is 0 Å². The van der Waals surface area contributed by atoms with E-state index < -0.39 is 0 Å². The molecule has 0 N–H and O–H groups in total. The van der Waals surface area contributed by atoms with Gasteiger partial charge in [0.1, 0.15) is 0 Å². The molecule has 0 fully saturated rings. The number of unbranched alkanes of at least 4 members (excludes halogenated alkanes) is 2. The highest BCUT2D eigenvalue weighted by Gasteiger charge is 2.16. The highest BCUT2D eigenvalue weighted by molar-refractivity contribution is 5.03. The number of allylic oxidation sites excluding steroid dienone is 3. The zero-order valence-corrected chi connectivity index (χ0v) is 19.9. The van der Waals surface area contributed by atoms with Crippen LogP contribution in [0.1, 0.15) is 113 Å². The van der Waals surface area contributed by atoms with Gasteiger partial charge in [0, 0.05) is 19.6 Å². The third-order valence-corrected chi connectivity index (χ3v) is 5.91. The summed E-state index contributed by atoms with van der Waals surface area (Å²) in [7, 11) is 0. The van der Waals surface area contributed by atoms with E-state index in [4.69, 9.17) is 0 Å². The van der Waals surface area contributed by atoms with E-state index in [0.29, 0.717) is 0 Å². The summed E-state index contributed by atoms with van der Waals surface area (Å²) in [5, 5.41) is 0. The molecule has 0 rings (SSSR count). The van der Waals surface area contributed by atoms with Crippen molar-refractivity contribution in [1.29, 1.82) is 0 Å². The summed E-state index contributed by atoms with van der Waals surface area (Å²) in [6, 6.07) is 0. The normalized spacial score (nSPS) is 14.4. The minimum Gasteiger partial charge on any atom is -0.299 e. The molecule has 0 spiro atoms. The van der Waals surface area contributed by atoms with Crippen LogP contribution in [0.5, 0.6) is 0 Å². The number of hydrogen-bond donors (Lipinski definition) is 0. The van der Waals surface area contributed by atoms with Crippen molar-refractivity contribution in [3.63, 3.8) is 0 Å². The third kappa shape index (κ3) is 15.1. The molecule has 1 heteroatoms. The van der Waals surface area contributed by atoms with Gasteiger partial charge in [-0.05, 0) is 58.3 Å². The summed E-state index contributed by atoms with van der Waals surface area (Å²) in [5.74, 6) is 1.74. The Bertz CT molecular complexity index is 371. The maximum Gasteiger partial charge on any atom is 0.0165 e. The van der Waals surface area contributed by atoms with E-state index in [1.165, 1.54) is 82.9 Å². The minimum atomic E-state index is 0.869. The lowest BCUT2D eigenvalue weighted by molar-refractivity contribution is 0.197. The fourth-order valence-corrected chi connectivity index (χ4v) is 3.76. The van der Waals surface area contributed by atoms with Gasteiger partial charge in [0.25, 0.3) is 0 Å². The average molecular weight is 378 g/mol. The molecule has 0 radical (unpaired) electrons. The van der Waals surface area contributed by atoms with Crippen LogP contribution < -0.4 is 0 Å². The van der Waals surface area contributed by atoms with Crippen molar-refractivity contribution >= 4 is 0 Å². The number of rotatable bonds is 17. The van der Waals surface area contributed by atoms with Crippen LogP contribution >= 0.6 is 0 Å². The second kappa shape index (κ2) is 17.5. The second-order valence-corrected chi connectivity index (χ2v) is 8.92. The van der Waals surface area contributed by atoms with Gasteiger partial charge in [0.15, 0.2) is 0 Å². The van der Waals surface area contributed by atoms with Crippen molar-refractivity contribution < 1.29 is 0 Å². The van der Waals surface area contributed by atoms with Gasteiger partial charge in [-0.15, -0.1) is 0 Å². The van der Waals surface area contributed by atoms with E-state index in [0.717, 1.165) is 18.4 Å².